The molecule has 5 nitrogen and oxygen atoms in total. The number of benzene rings is 2. The highest BCUT2D eigenvalue weighted by Gasteiger charge is 2.34. The number of para-hydroxylation sites is 1. The maximum absolute atomic E-state index is 12.6. The van der Waals surface area contributed by atoms with Crippen LogP contribution in [-0.4, -0.2) is 36.3 Å². The van der Waals surface area contributed by atoms with Gasteiger partial charge in [-0.05, 0) is 42.5 Å². The van der Waals surface area contributed by atoms with Crippen molar-refractivity contribution < 1.29 is 19.1 Å². The fourth-order valence-electron chi connectivity index (χ4n) is 2.73. The number of carbonyl (C=O) groups is 2. The second kappa shape index (κ2) is 10.2. The summed E-state index contributed by atoms with van der Waals surface area (Å²) < 4.78 is 10.9. The first-order valence-electron chi connectivity index (χ1n) is 8.89. The van der Waals surface area contributed by atoms with Gasteiger partial charge in [0.15, 0.2) is 0 Å². The molecule has 2 amide bonds. The Bertz CT molecular complexity index is 948. The summed E-state index contributed by atoms with van der Waals surface area (Å²) in [6.45, 7) is 1.08. The lowest BCUT2D eigenvalue weighted by Gasteiger charge is -2.12. The first-order valence-corrected chi connectivity index (χ1v) is 10.5. The van der Waals surface area contributed by atoms with E-state index in [-0.39, 0.29) is 17.8 Å². The van der Waals surface area contributed by atoms with Gasteiger partial charge in [-0.25, -0.2) is 0 Å². The van der Waals surface area contributed by atoms with Crippen LogP contribution < -0.4 is 4.74 Å². The van der Waals surface area contributed by atoms with Crippen molar-refractivity contribution in [3.05, 3.63) is 68.5 Å². The lowest BCUT2D eigenvalue weighted by molar-refractivity contribution is -0.122. The maximum Gasteiger partial charge on any atom is 0.293 e. The lowest BCUT2D eigenvalue weighted by atomic mass is 10.1. The van der Waals surface area contributed by atoms with Gasteiger partial charge in [-0.1, -0.05) is 47.5 Å². The highest BCUT2D eigenvalue weighted by molar-refractivity contribution is 8.18. The molecule has 0 saturated carbocycles. The second-order valence-electron chi connectivity index (χ2n) is 6.24. The summed E-state index contributed by atoms with van der Waals surface area (Å²) >= 11 is 13.1. The standard InChI is InChI=1S/C21H19Cl2NO4S/c1-27-10-4-9-24-20(25)19(29-21(24)26)11-14-5-2-3-6-18(14)28-13-15-7-8-16(22)12-17(15)23/h2-3,5-8,11-12H,4,9-10,13H2,1H3/b19-11+. The van der Waals surface area contributed by atoms with E-state index in [9.17, 15) is 9.59 Å². The van der Waals surface area contributed by atoms with Crippen LogP contribution >= 0.6 is 35.0 Å². The van der Waals surface area contributed by atoms with E-state index in [0.717, 1.165) is 17.3 Å². The number of thioether (sulfide) groups is 1. The molecule has 8 heteroatoms. The molecule has 1 saturated heterocycles. The van der Waals surface area contributed by atoms with Crippen molar-refractivity contribution in [2.45, 2.75) is 13.0 Å². The van der Waals surface area contributed by atoms with Crippen LogP contribution in [0.2, 0.25) is 10.0 Å². The minimum Gasteiger partial charge on any atom is -0.488 e. The van der Waals surface area contributed by atoms with E-state index in [4.69, 9.17) is 32.7 Å². The summed E-state index contributed by atoms with van der Waals surface area (Å²) in [7, 11) is 1.59. The zero-order valence-electron chi connectivity index (χ0n) is 15.7. The molecule has 0 unspecified atom stereocenters. The molecule has 0 N–H and O–H groups in total. The highest BCUT2D eigenvalue weighted by atomic mass is 35.5. The largest absolute Gasteiger partial charge is 0.488 e. The average Bonchev–Trinajstić information content (AvgIpc) is 2.96. The molecule has 0 atom stereocenters. The Hall–Kier alpha value is -1.99. The summed E-state index contributed by atoms with van der Waals surface area (Å²) in [6.07, 6.45) is 2.28. The number of imide groups is 1. The topological polar surface area (TPSA) is 55.8 Å². The molecule has 3 rings (SSSR count). The summed E-state index contributed by atoms with van der Waals surface area (Å²) in [6, 6.07) is 12.5. The van der Waals surface area contributed by atoms with E-state index in [1.54, 1.807) is 37.5 Å². The van der Waals surface area contributed by atoms with Gasteiger partial charge in [0.05, 0.1) is 4.91 Å². The second-order valence-corrected chi connectivity index (χ2v) is 8.08. The molecule has 1 heterocycles. The van der Waals surface area contributed by atoms with E-state index < -0.39 is 0 Å². The first kappa shape index (κ1) is 21.7. The van der Waals surface area contributed by atoms with Crippen LogP contribution in [0.5, 0.6) is 5.75 Å². The summed E-state index contributed by atoms with van der Waals surface area (Å²) in [5, 5.41) is 0.802. The van der Waals surface area contributed by atoms with Gasteiger partial charge in [0, 0.05) is 41.4 Å². The Morgan fingerprint density at radius 3 is 2.69 bits per heavy atom. The molecular weight excluding hydrogens is 433 g/mol. The number of hydrogen-bond donors (Lipinski definition) is 0. The van der Waals surface area contributed by atoms with Crippen molar-refractivity contribution in [3.63, 3.8) is 0 Å². The van der Waals surface area contributed by atoms with Gasteiger partial charge in [-0.2, -0.15) is 0 Å². The van der Waals surface area contributed by atoms with Crippen molar-refractivity contribution in [2.75, 3.05) is 20.3 Å². The first-order chi connectivity index (χ1) is 14.0. The predicted octanol–water partition coefficient (Wildman–Crippen LogP) is 5.65. The van der Waals surface area contributed by atoms with Gasteiger partial charge in [0.1, 0.15) is 12.4 Å². The molecule has 0 aromatic heterocycles. The van der Waals surface area contributed by atoms with Crippen LogP contribution in [0.1, 0.15) is 17.5 Å². The average molecular weight is 452 g/mol. The molecule has 0 radical (unpaired) electrons. The van der Waals surface area contributed by atoms with Crippen LogP contribution in [0.4, 0.5) is 4.79 Å². The molecule has 1 fully saturated rings. The Labute approximate surface area is 183 Å². The molecule has 1 aliphatic rings. The molecule has 152 valence electrons. The zero-order chi connectivity index (χ0) is 20.8. The van der Waals surface area contributed by atoms with Crippen molar-refractivity contribution in [1.82, 2.24) is 4.90 Å². The van der Waals surface area contributed by atoms with Crippen LogP contribution in [0.25, 0.3) is 6.08 Å². The van der Waals surface area contributed by atoms with Gasteiger partial charge in [-0.3, -0.25) is 14.5 Å². The van der Waals surface area contributed by atoms with Crippen LogP contribution in [0, 0.1) is 0 Å². The normalized spacial score (nSPS) is 15.4. The lowest BCUT2D eigenvalue weighted by Crippen LogP contribution is -2.29. The quantitative estimate of drug-likeness (QED) is 0.383. The monoisotopic (exact) mass is 451 g/mol. The molecule has 0 bridgehead atoms. The van der Waals surface area contributed by atoms with Crippen molar-refractivity contribution in [1.29, 1.82) is 0 Å². The number of hydrogen-bond acceptors (Lipinski definition) is 5. The number of amides is 2. The molecule has 1 aliphatic heterocycles. The minimum absolute atomic E-state index is 0.249. The number of nitrogens with zero attached hydrogens (tertiary/aromatic N) is 1. The SMILES string of the molecule is COCCCN1C(=O)S/C(=C/c2ccccc2OCc2ccc(Cl)cc2Cl)C1=O. The third kappa shape index (κ3) is 5.54. The van der Waals surface area contributed by atoms with Crippen molar-refractivity contribution >= 4 is 52.2 Å². The number of halogens is 2. The molecular formula is C21H19Cl2NO4S. The van der Waals surface area contributed by atoms with Gasteiger partial charge in [-0.15, -0.1) is 0 Å². The van der Waals surface area contributed by atoms with Gasteiger partial charge in [0.25, 0.3) is 11.1 Å². The third-order valence-electron chi connectivity index (χ3n) is 4.21. The van der Waals surface area contributed by atoms with Gasteiger partial charge < -0.3 is 9.47 Å². The molecule has 0 spiro atoms. The van der Waals surface area contributed by atoms with E-state index >= 15 is 0 Å². The molecule has 0 aliphatic carbocycles. The van der Waals surface area contributed by atoms with Crippen LogP contribution in [-0.2, 0) is 16.1 Å². The predicted molar refractivity (Wildman–Crippen MR) is 116 cm³/mol. The number of ether oxygens (including phenoxy) is 2. The Morgan fingerprint density at radius 1 is 1.14 bits per heavy atom. The smallest absolute Gasteiger partial charge is 0.293 e. The zero-order valence-corrected chi connectivity index (χ0v) is 18.0. The summed E-state index contributed by atoms with van der Waals surface area (Å²) in [4.78, 5) is 26.4. The number of methoxy groups -OCH3 is 1. The van der Waals surface area contributed by atoms with Gasteiger partial charge in [0.2, 0.25) is 0 Å². The molecule has 2 aromatic carbocycles. The summed E-state index contributed by atoms with van der Waals surface area (Å²) in [5.41, 5.74) is 1.50. The van der Waals surface area contributed by atoms with E-state index in [1.807, 2.05) is 18.2 Å². The summed E-state index contributed by atoms with van der Waals surface area (Å²) in [5.74, 6) is 0.288. The van der Waals surface area contributed by atoms with E-state index in [2.05, 4.69) is 0 Å². The fourth-order valence-corrected chi connectivity index (χ4v) is 4.05. The maximum atomic E-state index is 12.6. The third-order valence-corrected chi connectivity index (χ3v) is 5.70. The Morgan fingerprint density at radius 2 is 1.93 bits per heavy atom. The van der Waals surface area contributed by atoms with Crippen LogP contribution in [0.15, 0.2) is 47.4 Å². The Balaban J connectivity index is 1.75. The minimum atomic E-state index is -0.299. The number of rotatable bonds is 8. The van der Waals surface area contributed by atoms with Crippen molar-refractivity contribution in [3.8, 4) is 5.75 Å². The van der Waals surface area contributed by atoms with E-state index in [1.165, 1.54) is 4.90 Å². The highest BCUT2D eigenvalue weighted by Crippen LogP contribution is 2.34. The Kier molecular flexibility index (Phi) is 7.61. The fraction of sp³-hybridized carbons (Fsp3) is 0.238. The van der Waals surface area contributed by atoms with Crippen molar-refractivity contribution in [2.24, 2.45) is 0 Å². The number of carbonyl (C=O) groups excluding carboxylic acids is 2. The molecule has 2 aromatic rings. The molecule has 29 heavy (non-hydrogen) atoms. The van der Waals surface area contributed by atoms with Crippen LogP contribution in [0.3, 0.4) is 0 Å². The van der Waals surface area contributed by atoms with E-state index in [0.29, 0.717) is 45.8 Å². The van der Waals surface area contributed by atoms with Gasteiger partial charge >= 0.3 is 0 Å².